The minimum absolute atomic E-state index is 0.0360. The van der Waals surface area contributed by atoms with Gasteiger partial charge in [-0.3, -0.25) is 4.79 Å². The predicted octanol–water partition coefficient (Wildman–Crippen LogP) is 4.53. The van der Waals surface area contributed by atoms with Gasteiger partial charge in [-0.2, -0.15) is 0 Å². The first-order chi connectivity index (χ1) is 18.8. The van der Waals surface area contributed by atoms with Crippen molar-refractivity contribution in [1.29, 1.82) is 0 Å². The van der Waals surface area contributed by atoms with Crippen LogP contribution < -0.4 is 19.5 Å². The largest absolute Gasteiger partial charge is 0.494 e. The van der Waals surface area contributed by atoms with E-state index in [1.165, 1.54) is 26.4 Å². The number of rotatable bonds is 14. The van der Waals surface area contributed by atoms with Gasteiger partial charge in [0.25, 0.3) is 0 Å². The lowest BCUT2D eigenvalue weighted by Gasteiger charge is -2.29. The van der Waals surface area contributed by atoms with E-state index < -0.39 is 11.4 Å². The van der Waals surface area contributed by atoms with Crippen LogP contribution in [0.15, 0.2) is 48.5 Å². The van der Waals surface area contributed by atoms with Crippen molar-refractivity contribution in [3.05, 3.63) is 70.6 Å². The van der Waals surface area contributed by atoms with Gasteiger partial charge in [-0.1, -0.05) is 11.6 Å². The van der Waals surface area contributed by atoms with E-state index in [1.54, 1.807) is 36.4 Å². The summed E-state index contributed by atoms with van der Waals surface area (Å²) in [6.45, 7) is 0.156. The molecule has 1 fully saturated rings. The van der Waals surface area contributed by atoms with E-state index in [1.807, 2.05) is 0 Å². The van der Waals surface area contributed by atoms with Crippen LogP contribution in [-0.4, -0.2) is 61.0 Å². The van der Waals surface area contributed by atoms with Crippen molar-refractivity contribution >= 4 is 17.4 Å². The Morgan fingerprint density at radius 3 is 2.51 bits per heavy atom. The highest BCUT2D eigenvalue weighted by molar-refractivity contribution is 6.31. The molecule has 1 atom stereocenters. The number of aliphatic hydroxyl groups is 2. The fourth-order valence-corrected chi connectivity index (χ4v) is 4.39. The third-order valence-corrected chi connectivity index (χ3v) is 6.90. The Kier molecular flexibility index (Phi) is 9.40. The molecule has 1 aromatic heterocycles. The maximum atomic E-state index is 13.8. The van der Waals surface area contributed by atoms with Crippen molar-refractivity contribution in [2.45, 2.75) is 37.3 Å². The standard InChI is InChI=1S/C29H32ClFN2O6/c1-37-25-9-10-27(33-28(25)19-3-7-22(31)21(30)15-19)29(36,17-32-20-5-6-20)12-11-23(35)18-4-8-24(39-14-13-34)26(16-18)38-2/h3-4,7-10,15-16,20,32,34,36H,5-6,11-14,17H2,1-2H3. The summed E-state index contributed by atoms with van der Waals surface area (Å²) in [4.78, 5) is 17.9. The third-order valence-electron chi connectivity index (χ3n) is 6.61. The molecular weight excluding hydrogens is 527 g/mol. The van der Waals surface area contributed by atoms with Crippen molar-refractivity contribution < 1.29 is 33.6 Å². The highest BCUT2D eigenvalue weighted by atomic mass is 35.5. The number of ether oxygens (including phenoxy) is 3. The molecule has 1 saturated carbocycles. The van der Waals surface area contributed by atoms with Gasteiger partial charge in [0.1, 0.15) is 29.5 Å². The summed E-state index contributed by atoms with van der Waals surface area (Å²) in [6.07, 6.45) is 2.18. The van der Waals surface area contributed by atoms with Crippen LogP contribution in [0.25, 0.3) is 11.3 Å². The summed E-state index contributed by atoms with van der Waals surface area (Å²) in [5.74, 6) is 0.490. The van der Waals surface area contributed by atoms with Crippen LogP contribution in [0.5, 0.6) is 17.2 Å². The molecule has 2 aromatic carbocycles. The van der Waals surface area contributed by atoms with Crippen LogP contribution in [0.4, 0.5) is 4.39 Å². The molecular formula is C29H32ClFN2O6. The molecule has 0 spiro atoms. The number of nitrogens with zero attached hydrogens (tertiary/aromatic N) is 1. The van der Waals surface area contributed by atoms with Crippen molar-refractivity contribution in [2.24, 2.45) is 0 Å². The lowest BCUT2D eigenvalue weighted by atomic mass is 9.90. The molecule has 208 valence electrons. The van der Waals surface area contributed by atoms with E-state index in [0.29, 0.717) is 45.8 Å². The molecule has 3 aromatic rings. The van der Waals surface area contributed by atoms with E-state index in [9.17, 15) is 14.3 Å². The highest BCUT2D eigenvalue weighted by Gasteiger charge is 2.35. The molecule has 1 heterocycles. The van der Waals surface area contributed by atoms with Gasteiger partial charge in [0.05, 0.1) is 31.5 Å². The van der Waals surface area contributed by atoms with Gasteiger partial charge in [-0.05, 0) is 67.8 Å². The van der Waals surface area contributed by atoms with Gasteiger partial charge in [-0.15, -0.1) is 0 Å². The number of methoxy groups -OCH3 is 2. The Labute approximate surface area is 231 Å². The number of hydrogen-bond acceptors (Lipinski definition) is 8. The van der Waals surface area contributed by atoms with Crippen LogP contribution >= 0.6 is 11.6 Å². The summed E-state index contributed by atoms with van der Waals surface area (Å²) >= 11 is 6.01. The summed E-state index contributed by atoms with van der Waals surface area (Å²) in [6, 6.07) is 12.8. The Morgan fingerprint density at radius 2 is 1.85 bits per heavy atom. The van der Waals surface area contributed by atoms with Gasteiger partial charge >= 0.3 is 0 Å². The number of pyridine rings is 1. The molecule has 8 nitrogen and oxygen atoms in total. The quantitative estimate of drug-likeness (QED) is 0.248. The molecule has 4 rings (SSSR count). The first kappa shape index (κ1) is 28.8. The molecule has 1 aliphatic rings. The van der Waals surface area contributed by atoms with Gasteiger partial charge in [0.15, 0.2) is 17.3 Å². The Bertz CT molecular complexity index is 1320. The first-order valence-corrected chi connectivity index (χ1v) is 13.1. The fraction of sp³-hybridized carbons (Fsp3) is 0.379. The number of halogens is 2. The fourth-order valence-electron chi connectivity index (χ4n) is 4.21. The summed E-state index contributed by atoms with van der Waals surface area (Å²) in [5.41, 5.74) is 0.216. The third kappa shape index (κ3) is 7.05. The minimum Gasteiger partial charge on any atom is -0.494 e. The van der Waals surface area contributed by atoms with Gasteiger partial charge < -0.3 is 29.7 Å². The number of Topliss-reactive ketones (excluding diaryl/α,β-unsaturated/α-hetero) is 1. The minimum atomic E-state index is -1.47. The molecule has 0 saturated heterocycles. The Morgan fingerprint density at radius 1 is 1.10 bits per heavy atom. The van der Waals surface area contributed by atoms with Gasteiger partial charge in [0, 0.05) is 30.1 Å². The van der Waals surface area contributed by atoms with Crippen LogP contribution in [0.1, 0.15) is 41.7 Å². The average Bonchev–Trinajstić information content (AvgIpc) is 3.79. The number of carbonyl (C=O) groups is 1. The number of hydrogen-bond donors (Lipinski definition) is 3. The molecule has 3 N–H and O–H groups in total. The van der Waals surface area contributed by atoms with E-state index in [2.05, 4.69) is 5.32 Å². The van der Waals surface area contributed by atoms with Gasteiger partial charge in [0.2, 0.25) is 0 Å². The van der Waals surface area contributed by atoms with Crippen LogP contribution in [-0.2, 0) is 5.60 Å². The number of benzene rings is 2. The van der Waals surface area contributed by atoms with E-state index >= 15 is 0 Å². The summed E-state index contributed by atoms with van der Waals surface area (Å²) in [7, 11) is 2.97. The second kappa shape index (κ2) is 12.7. The lowest BCUT2D eigenvalue weighted by molar-refractivity contribution is 0.0211. The molecule has 0 amide bonds. The zero-order chi connectivity index (χ0) is 28.0. The predicted molar refractivity (Wildman–Crippen MR) is 145 cm³/mol. The van der Waals surface area contributed by atoms with Crippen LogP contribution in [0.2, 0.25) is 5.02 Å². The van der Waals surface area contributed by atoms with Crippen molar-refractivity contribution in [2.75, 3.05) is 34.0 Å². The second-order valence-electron chi connectivity index (χ2n) is 9.42. The lowest BCUT2D eigenvalue weighted by Crippen LogP contribution is -2.40. The van der Waals surface area contributed by atoms with Crippen LogP contribution in [0.3, 0.4) is 0 Å². The van der Waals surface area contributed by atoms with Crippen molar-refractivity contribution in [1.82, 2.24) is 10.3 Å². The molecule has 1 unspecified atom stereocenters. The molecule has 0 aliphatic heterocycles. The molecule has 0 radical (unpaired) electrons. The topological polar surface area (TPSA) is 110 Å². The first-order valence-electron chi connectivity index (χ1n) is 12.7. The number of nitrogens with one attached hydrogen (secondary N) is 1. The molecule has 1 aliphatic carbocycles. The monoisotopic (exact) mass is 558 g/mol. The van der Waals surface area contributed by atoms with Gasteiger partial charge in [-0.25, -0.2) is 9.37 Å². The van der Waals surface area contributed by atoms with E-state index in [0.717, 1.165) is 12.8 Å². The van der Waals surface area contributed by atoms with Crippen molar-refractivity contribution in [3.63, 3.8) is 0 Å². The smallest absolute Gasteiger partial charge is 0.163 e. The maximum absolute atomic E-state index is 13.8. The summed E-state index contributed by atoms with van der Waals surface area (Å²) < 4.78 is 30.1. The Hall–Kier alpha value is -3.24. The number of aliphatic hydroxyl groups excluding tert-OH is 1. The highest BCUT2D eigenvalue weighted by Crippen LogP contribution is 2.36. The summed E-state index contributed by atoms with van der Waals surface area (Å²) in [5, 5.41) is 24.2. The number of ketones is 1. The number of carbonyl (C=O) groups excluding carboxylic acids is 1. The maximum Gasteiger partial charge on any atom is 0.163 e. The molecule has 0 bridgehead atoms. The molecule has 39 heavy (non-hydrogen) atoms. The number of aromatic nitrogens is 1. The SMILES string of the molecule is COc1cc(C(=O)CCC(O)(CNC2CC2)c2ccc(OC)c(-c3ccc(F)c(Cl)c3)n2)ccc1OCCO. The van der Waals surface area contributed by atoms with E-state index in [4.69, 9.17) is 35.9 Å². The average molecular weight is 559 g/mol. The second-order valence-corrected chi connectivity index (χ2v) is 9.83. The zero-order valence-electron chi connectivity index (χ0n) is 21.9. The molecule has 10 heteroatoms. The van der Waals surface area contributed by atoms with E-state index in [-0.39, 0.29) is 43.4 Å². The zero-order valence-corrected chi connectivity index (χ0v) is 22.6. The Balaban J connectivity index is 1.60. The normalized spacial score (nSPS) is 14.5. The van der Waals surface area contributed by atoms with Crippen molar-refractivity contribution in [3.8, 4) is 28.5 Å². The van der Waals surface area contributed by atoms with Crippen LogP contribution in [0, 0.1) is 5.82 Å².